The van der Waals surface area contributed by atoms with E-state index in [1.165, 1.54) is 0 Å². The number of rotatable bonds is 5. The van der Waals surface area contributed by atoms with Crippen LogP contribution in [0.2, 0.25) is 0 Å². The molecule has 0 radical (unpaired) electrons. The maximum absolute atomic E-state index is 13.0. The van der Waals surface area contributed by atoms with Gasteiger partial charge in [-0.3, -0.25) is 10.1 Å². The van der Waals surface area contributed by atoms with Crippen molar-refractivity contribution in [1.29, 1.82) is 0 Å². The monoisotopic (exact) mass is 361 g/mol. The lowest BCUT2D eigenvalue weighted by molar-refractivity contribution is -0.123. The first-order valence-corrected chi connectivity index (χ1v) is 8.78. The van der Waals surface area contributed by atoms with Crippen LogP contribution in [0.3, 0.4) is 0 Å². The van der Waals surface area contributed by atoms with Crippen molar-refractivity contribution in [3.05, 3.63) is 0 Å². The number of alkyl halides is 4. The molecule has 0 saturated carbocycles. The number of carbonyl (C=O) groups is 1. The van der Waals surface area contributed by atoms with Crippen molar-refractivity contribution in [1.82, 2.24) is 14.9 Å². The second kappa shape index (κ2) is 6.89. The van der Waals surface area contributed by atoms with Crippen LogP contribution in [0.4, 0.5) is 17.6 Å². The van der Waals surface area contributed by atoms with Gasteiger partial charge in [-0.05, 0) is 18.8 Å². The highest BCUT2D eigenvalue weighted by atomic mass is 32.2. The Kier molecular flexibility index (Phi) is 5.52. The molecule has 2 N–H and O–H groups in total. The average molecular weight is 361 g/mol. The number of carbonyl (C=O) groups excluding carboxylic acids is 1. The van der Waals surface area contributed by atoms with Crippen LogP contribution < -0.4 is 10.6 Å². The van der Waals surface area contributed by atoms with E-state index < -0.39 is 46.6 Å². The van der Waals surface area contributed by atoms with Crippen molar-refractivity contribution in [2.24, 2.45) is 5.92 Å². The van der Waals surface area contributed by atoms with Crippen LogP contribution in [0.5, 0.6) is 0 Å². The van der Waals surface area contributed by atoms with E-state index in [0.29, 0.717) is 12.8 Å². The summed E-state index contributed by atoms with van der Waals surface area (Å²) in [6.45, 7) is -0.389. The number of hydrogen-bond acceptors (Lipinski definition) is 4. The van der Waals surface area contributed by atoms with E-state index in [0.717, 1.165) is 4.31 Å². The molecule has 2 saturated heterocycles. The van der Waals surface area contributed by atoms with Crippen molar-refractivity contribution in [3.8, 4) is 0 Å². The van der Waals surface area contributed by atoms with Gasteiger partial charge < -0.3 is 5.32 Å². The van der Waals surface area contributed by atoms with Crippen LogP contribution in [-0.4, -0.2) is 62.5 Å². The second-order valence-corrected chi connectivity index (χ2v) is 7.79. The van der Waals surface area contributed by atoms with Gasteiger partial charge >= 0.3 is 5.76 Å². The fourth-order valence-corrected chi connectivity index (χ4v) is 3.69. The summed E-state index contributed by atoms with van der Waals surface area (Å²) in [6, 6.07) is -0.940. The summed E-state index contributed by atoms with van der Waals surface area (Å²) in [4.78, 5) is 11.8. The molecule has 2 aliphatic rings. The Labute approximate surface area is 131 Å². The minimum atomic E-state index is -4.56. The Balaban J connectivity index is 1.74. The van der Waals surface area contributed by atoms with E-state index in [9.17, 15) is 30.8 Å². The minimum absolute atomic E-state index is 0.0348. The van der Waals surface area contributed by atoms with Gasteiger partial charge in [0.2, 0.25) is 5.91 Å². The van der Waals surface area contributed by atoms with Crippen LogP contribution in [0.15, 0.2) is 0 Å². The number of sulfonamides is 1. The molecule has 0 aromatic carbocycles. The normalized spacial score (nSPS) is 26.6. The topological polar surface area (TPSA) is 78.5 Å². The highest BCUT2D eigenvalue weighted by molar-refractivity contribution is 7.89. The molecule has 0 bridgehead atoms. The third-order valence-corrected chi connectivity index (χ3v) is 5.69. The summed E-state index contributed by atoms with van der Waals surface area (Å²) in [6.07, 6.45) is 0.116. The summed E-state index contributed by atoms with van der Waals surface area (Å²) in [7, 11) is -4.56. The van der Waals surface area contributed by atoms with Gasteiger partial charge in [0.15, 0.2) is 0 Å². The van der Waals surface area contributed by atoms with Gasteiger partial charge in [0.05, 0.1) is 12.6 Å². The van der Waals surface area contributed by atoms with E-state index in [2.05, 4.69) is 10.6 Å². The third kappa shape index (κ3) is 4.54. The minimum Gasteiger partial charge on any atom is -0.354 e. The quantitative estimate of drug-likeness (QED) is 0.694. The molecule has 1 atom stereocenters. The average Bonchev–Trinajstić information content (AvgIpc) is 2.85. The zero-order chi connectivity index (χ0) is 17.3. The first-order valence-electron chi connectivity index (χ1n) is 7.28. The highest BCUT2D eigenvalue weighted by Crippen LogP contribution is 2.25. The Hall–Kier alpha value is -0.940. The fourth-order valence-electron chi connectivity index (χ4n) is 2.75. The molecule has 2 aliphatic heterocycles. The lowest BCUT2D eigenvalue weighted by Crippen LogP contribution is -2.46. The predicted octanol–water partition coefficient (Wildman–Crippen LogP) is 0.364. The molecule has 23 heavy (non-hydrogen) atoms. The Morgan fingerprint density at radius 3 is 2.39 bits per heavy atom. The largest absolute Gasteiger partial charge is 0.354 e. The molecule has 0 aromatic rings. The van der Waals surface area contributed by atoms with Gasteiger partial charge in [-0.25, -0.2) is 17.2 Å². The van der Waals surface area contributed by atoms with E-state index in [-0.39, 0.29) is 25.6 Å². The molecule has 2 heterocycles. The first kappa shape index (κ1) is 18.4. The molecular weight excluding hydrogens is 342 g/mol. The molecule has 11 heteroatoms. The smallest absolute Gasteiger partial charge is 0.350 e. The number of nitrogens with zero attached hydrogens (tertiary/aromatic N) is 1. The second-order valence-electron chi connectivity index (χ2n) is 5.89. The maximum Gasteiger partial charge on any atom is 0.350 e. The van der Waals surface area contributed by atoms with E-state index >= 15 is 0 Å². The van der Waals surface area contributed by atoms with E-state index in [1.807, 2.05) is 0 Å². The molecule has 0 aromatic heterocycles. The van der Waals surface area contributed by atoms with Crippen LogP contribution in [0, 0.1) is 5.92 Å². The molecule has 134 valence electrons. The zero-order valence-corrected chi connectivity index (χ0v) is 13.1. The van der Waals surface area contributed by atoms with E-state index in [1.54, 1.807) is 0 Å². The predicted molar refractivity (Wildman–Crippen MR) is 73.6 cm³/mol. The van der Waals surface area contributed by atoms with Crippen molar-refractivity contribution in [2.75, 3.05) is 26.2 Å². The van der Waals surface area contributed by atoms with Crippen molar-refractivity contribution in [3.63, 3.8) is 0 Å². The molecule has 0 aliphatic carbocycles. The summed E-state index contributed by atoms with van der Waals surface area (Å²) in [5, 5.41) is 5.00. The number of halogens is 4. The van der Waals surface area contributed by atoms with Gasteiger partial charge in [0.25, 0.3) is 15.9 Å². The molecule has 1 unspecified atom stereocenters. The van der Waals surface area contributed by atoms with Crippen molar-refractivity contribution >= 4 is 15.9 Å². The molecule has 2 rings (SSSR count). The molecule has 2 fully saturated rings. The number of hydrogen-bond donors (Lipinski definition) is 2. The third-order valence-electron chi connectivity index (χ3n) is 4.15. The zero-order valence-electron chi connectivity index (χ0n) is 12.3. The molecule has 1 amide bonds. The Morgan fingerprint density at radius 2 is 1.91 bits per heavy atom. The van der Waals surface area contributed by atoms with Gasteiger partial charge in [-0.1, -0.05) is 0 Å². The molecule has 0 spiro atoms. The summed E-state index contributed by atoms with van der Waals surface area (Å²) in [5.74, 6) is -6.92. The fraction of sp³-hybridized carbons (Fsp3) is 0.917. The van der Waals surface area contributed by atoms with Crippen LogP contribution in [0.1, 0.15) is 19.3 Å². The number of piperidine rings is 1. The maximum atomic E-state index is 13.0. The summed E-state index contributed by atoms with van der Waals surface area (Å²) < 4.78 is 74.2. The lowest BCUT2D eigenvalue weighted by atomic mass is 9.98. The van der Waals surface area contributed by atoms with Crippen LogP contribution in [-0.2, 0) is 14.8 Å². The first-order chi connectivity index (χ1) is 10.6. The molecular formula is C12H19F4N3O3S. The molecule has 6 nitrogen and oxygen atoms in total. The van der Waals surface area contributed by atoms with Crippen LogP contribution in [0.25, 0.3) is 0 Å². The van der Waals surface area contributed by atoms with E-state index in [4.69, 9.17) is 0 Å². The SMILES string of the molecule is O=C(NCC1CCN(S(=O)(=O)C(F)F)CC1)C1CC(F)(F)CN1. The summed E-state index contributed by atoms with van der Waals surface area (Å²) in [5.41, 5.74) is 0. The van der Waals surface area contributed by atoms with Gasteiger partial charge in [-0.2, -0.15) is 13.1 Å². The summed E-state index contributed by atoms with van der Waals surface area (Å²) >= 11 is 0. The Bertz CT molecular complexity index is 536. The highest BCUT2D eigenvalue weighted by Gasteiger charge is 2.42. The Morgan fingerprint density at radius 1 is 1.30 bits per heavy atom. The number of amides is 1. The number of nitrogens with one attached hydrogen (secondary N) is 2. The standard InChI is InChI=1S/C12H19F4N3O3S/c13-11(14)23(21,22)19-3-1-8(2-4-19)6-17-10(20)9-5-12(15,16)7-18-9/h8-9,11,18H,1-7H2,(H,17,20). The van der Waals surface area contributed by atoms with Crippen molar-refractivity contribution in [2.45, 2.75) is 37.0 Å². The lowest BCUT2D eigenvalue weighted by Gasteiger charge is -2.31. The van der Waals surface area contributed by atoms with Crippen molar-refractivity contribution < 1.29 is 30.8 Å². The van der Waals surface area contributed by atoms with Gasteiger partial charge in [-0.15, -0.1) is 0 Å². The van der Waals surface area contributed by atoms with Crippen LogP contribution >= 0.6 is 0 Å². The van der Waals surface area contributed by atoms with Gasteiger partial charge in [0, 0.05) is 26.1 Å². The van der Waals surface area contributed by atoms with Gasteiger partial charge in [0.1, 0.15) is 0 Å².